The Labute approximate surface area is 164 Å². The first kappa shape index (κ1) is 19.6. The van der Waals surface area contributed by atoms with Crippen LogP contribution in [0.25, 0.3) is 0 Å². The molecule has 0 radical (unpaired) electrons. The van der Waals surface area contributed by atoms with Crippen LogP contribution < -0.4 is 10.1 Å². The summed E-state index contributed by atoms with van der Waals surface area (Å²) in [5, 5.41) is 1.44. The molecule has 5 nitrogen and oxygen atoms in total. The largest absolute Gasteiger partial charge is 0.497 e. The van der Waals surface area contributed by atoms with Crippen molar-refractivity contribution in [3.63, 3.8) is 0 Å². The van der Waals surface area contributed by atoms with E-state index >= 15 is 0 Å². The second kappa shape index (κ2) is 8.27. The third kappa shape index (κ3) is 4.23. The zero-order valence-electron chi connectivity index (χ0n) is 15.6. The van der Waals surface area contributed by atoms with Gasteiger partial charge in [-0.2, -0.15) is 0 Å². The van der Waals surface area contributed by atoms with Gasteiger partial charge in [0.1, 0.15) is 5.75 Å². The molecule has 3 aromatic carbocycles. The highest BCUT2D eigenvalue weighted by Crippen LogP contribution is 2.28. The number of carbonyl (C=O) groups is 1. The first-order valence-corrected chi connectivity index (χ1v) is 10.3. The number of benzene rings is 3. The molecule has 0 aromatic heterocycles. The molecule has 1 amide bonds. The summed E-state index contributed by atoms with van der Waals surface area (Å²) in [5.41, 5.74) is 1.79. The maximum atomic E-state index is 13.3. The molecule has 1 atom stereocenters. The Kier molecular flexibility index (Phi) is 5.80. The predicted molar refractivity (Wildman–Crippen MR) is 108 cm³/mol. The molecule has 0 saturated heterocycles. The Bertz CT molecular complexity index is 1040. The van der Waals surface area contributed by atoms with Gasteiger partial charge < -0.3 is 10.1 Å². The fourth-order valence-corrected chi connectivity index (χ4v) is 4.34. The number of nitrogens with one attached hydrogen (secondary N) is 1. The van der Waals surface area contributed by atoms with Crippen molar-refractivity contribution in [2.75, 3.05) is 7.11 Å². The summed E-state index contributed by atoms with van der Waals surface area (Å²) < 4.78 is 31.8. The Hall–Kier alpha value is -3.12. The Morgan fingerprint density at radius 1 is 0.893 bits per heavy atom. The number of hydrogen-bond donors (Lipinski definition) is 1. The molecule has 144 valence electrons. The summed E-state index contributed by atoms with van der Waals surface area (Å²) in [4.78, 5) is 12.8. The lowest BCUT2D eigenvalue weighted by atomic mass is 10.2. The molecule has 0 aliphatic heterocycles. The van der Waals surface area contributed by atoms with Crippen molar-refractivity contribution in [1.82, 2.24) is 5.32 Å². The smallest absolute Gasteiger partial charge is 0.252 e. The van der Waals surface area contributed by atoms with Crippen LogP contribution in [0.15, 0.2) is 83.8 Å². The van der Waals surface area contributed by atoms with E-state index in [1.165, 1.54) is 7.11 Å². The molecule has 6 heteroatoms. The van der Waals surface area contributed by atoms with Crippen molar-refractivity contribution >= 4 is 15.7 Å². The van der Waals surface area contributed by atoms with Gasteiger partial charge in [-0.3, -0.25) is 4.79 Å². The maximum absolute atomic E-state index is 13.3. The van der Waals surface area contributed by atoms with E-state index in [2.05, 4.69) is 5.32 Å². The molecule has 3 rings (SSSR count). The standard InChI is InChI=1S/C22H21NO4S/c1-16-8-14-20(15-9-16)28(25,26)22(18-10-12-19(27-2)13-11-18)23-21(24)17-6-4-3-5-7-17/h3-15,22H,1-2H3,(H,23,24). The van der Waals surface area contributed by atoms with Crippen molar-refractivity contribution in [2.24, 2.45) is 0 Å². The van der Waals surface area contributed by atoms with Crippen LogP contribution >= 0.6 is 0 Å². The lowest BCUT2D eigenvalue weighted by Crippen LogP contribution is -2.34. The highest BCUT2D eigenvalue weighted by molar-refractivity contribution is 7.91. The van der Waals surface area contributed by atoms with Crippen LogP contribution in [-0.2, 0) is 9.84 Å². The summed E-state index contributed by atoms with van der Waals surface area (Å²) >= 11 is 0. The van der Waals surface area contributed by atoms with E-state index in [4.69, 9.17) is 4.74 Å². The average molecular weight is 395 g/mol. The van der Waals surface area contributed by atoms with Crippen LogP contribution in [0, 0.1) is 6.92 Å². The highest BCUT2D eigenvalue weighted by atomic mass is 32.2. The second-order valence-electron chi connectivity index (χ2n) is 6.35. The number of methoxy groups -OCH3 is 1. The molecule has 0 bridgehead atoms. The van der Waals surface area contributed by atoms with E-state index in [0.717, 1.165) is 5.56 Å². The molecule has 0 heterocycles. The monoisotopic (exact) mass is 395 g/mol. The van der Waals surface area contributed by atoms with Crippen LogP contribution in [0.2, 0.25) is 0 Å². The van der Waals surface area contributed by atoms with Gasteiger partial charge >= 0.3 is 0 Å². The van der Waals surface area contributed by atoms with Gasteiger partial charge in [-0.25, -0.2) is 8.42 Å². The average Bonchev–Trinajstić information content (AvgIpc) is 2.73. The van der Waals surface area contributed by atoms with E-state index in [-0.39, 0.29) is 4.90 Å². The van der Waals surface area contributed by atoms with Crippen LogP contribution in [0.5, 0.6) is 5.75 Å². The molecular formula is C22H21NO4S. The van der Waals surface area contributed by atoms with E-state index in [9.17, 15) is 13.2 Å². The van der Waals surface area contributed by atoms with Crippen LogP contribution in [0.3, 0.4) is 0 Å². The molecule has 1 N–H and O–H groups in total. The number of amides is 1. The fraction of sp³-hybridized carbons (Fsp3) is 0.136. The molecule has 0 fully saturated rings. The Morgan fingerprint density at radius 3 is 2.07 bits per heavy atom. The number of sulfone groups is 1. The quantitative estimate of drug-likeness (QED) is 0.687. The number of hydrogen-bond acceptors (Lipinski definition) is 4. The van der Waals surface area contributed by atoms with Crippen molar-refractivity contribution in [2.45, 2.75) is 17.2 Å². The van der Waals surface area contributed by atoms with Gasteiger partial charge in [0.05, 0.1) is 12.0 Å². The minimum Gasteiger partial charge on any atom is -0.497 e. The predicted octanol–water partition coefficient (Wildman–Crippen LogP) is 3.91. The third-order valence-corrected chi connectivity index (χ3v) is 6.32. The summed E-state index contributed by atoms with van der Waals surface area (Å²) in [5.74, 6) is 0.140. The summed E-state index contributed by atoms with van der Waals surface area (Å²) in [7, 11) is -2.33. The Balaban J connectivity index is 2.02. The molecule has 1 unspecified atom stereocenters. The van der Waals surface area contributed by atoms with Crippen molar-refractivity contribution in [1.29, 1.82) is 0 Å². The first-order valence-electron chi connectivity index (χ1n) is 8.72. The van der Waals surface area contributed by atoms with Gasteiger partial charge in [-0.05, 0) is 48.9 Å². The SMILES string of the molecule is COc1ccc(C(NC(=O)c2ccccc2)S(=O)(=O)c2ccc(C)cc2)cc1. The third-order valence-electron chi connectivity index (χ3n) is 4.38. The molecule has 0 saturated carbocycles. The van der Waals surface area contributed by atoms with Crippen molar-refractivity contribution in [3.05, 3.63) is 95.6 Å². The molecular weight excluding hydrogens is 374 g/mol. The zero-order valence-corrected chi connectivity index (χ0v) is 16.4. The molecule has 3 aromatic rings. The van der Waals surface area contributed by atoms with Crippen LogP contribution in [-0.4, -0.2) is 21.4 Å². The second-order valence-corrected chi connectivity index (χ2v) is 8.38. The topological polar surface area (TPSA) is 72.5 Å². The number of rotatable bonds is 6. The molecule has 0 aliphatic carbocycles. The zero-order chi connectivity index (χ0) is 20.1. The van der Waals surface area contributed by atoms with E-state index in [0.29, 0.717) is 16.9 Å². The maximum Gasteiger partial charge on any atom is 0.252 e. The van der Waals surface area contributed by atoms with Gasteiger partial charge in [0.2, 0.25) is 9.84 Å². The first-order chi connectivity index (χ1) is 13.4. The van der Waals surface area contributed by atoms with Crippen LogP contribution in [0.1, 0.15) is 26.9 Å². The minimum atomic E-state index is -3.87. The van der Waals surface area contributed by atoms with E-state index < -0.39 is 21.1 Å². The summed E-state index contributed by atoms with van der Waals surface area (Å²) in [6.07, 6.45) is 0. The van der Waals surface area contributed by atoms with E-state index in [1.54, 1.807) is 78.9 Å². The number of carbonyl (C=O) groups excluding carboxylic acids is 1. The minimum absolute atomic E-state index is 0.146. The normalized spacial score (nSPS) is 12.2. The number of aryl methyl sites for hydroxylation is 1. The number of ether oxygens (including phenoxy) is 1. The molecule has 0 aliphatic rings. The van der Waals surface area contributed by atoms with Crippen molar-refractivity contribution in [3.8, 4) is 5.75 Å². The molecule has 0 spiro atoms. The Morgan fingerprint density at radius 2 is 1.50 bits per heavy atom. The van der Waals surface area contributed by atoms with Crippen molar-refractivity contribution < 1.29 is 17.9 Å². The lowest BCUT2D eigenvalue weighted by molar-refractivity contribution is 0.0948. The van der Waals surface area contributed by atoms with E-state index in [1.807, 2.05) is 6.92 Å². The van der Waals surface area contributed by atoms with Crippen LogP contribution in [0.4, 0.5) is 0 Å². The van der Waals surface area contributed by atoms with Gasteiger partial charge in [-0.15, -0.1) is 0 Å². The van der Waals surface area contributed by atoms with Gasteiger partial charge in [0.25, 0.3) is 5.91 Å². The highest BCUT2D eigenvalue weighted by Gasteiger charge is 2.31. The fourth-order valence-electron chi connectivity index (χ4n) is 2.77. The summed E-state index contributed by atoms with van der Waals surface area (Å²) in [6, 6.07) is 21.7. The lowest BCUT2D eigenvalue weighted by Gasteiger charge is -2.20. The van der Waals surface area contributed by atoms with Gasteiger partial charge in [0.15, 0.2) is 5.37 Å². The summed E-state index contributed by atoms with van der Waals surface area (Å²) in [6.45, 7) is 1.88. The molecule has 28 heavy (non-hydrogen) atoms. The van der Waals surface area contributed by atoms with Gasteiger partial charge in [-0.1, -0.05) is 48.0 Å². The van der Waals surface area contributed by atoms with Gasteiger partial charge in [0, 0.05) is 5.56 Å².